The molecule has 0 N–H and O–H groups in total. The lowest BCUT2D eigenvalue weighted by atomic mass is 10.1. The van der Waals surface area contributed by atoms with E-state index in [-0.39, 0.29) is 5.56 Å². The second-order valence-electron chi connectivity index (χ2n) is 7.01. The van der Waals surface area contributed by atoms with Crippen molar-refractivity contribution in [3.8, 4) is 22.8 Å². The highest BCUT2D eigenvalue weighted by Gasteiger charge is 2.18. The fraction of sp³-hybridized carbons (Fsp3) is 0.0417. The molecule has 3 aromatic carbocycles. The van der Waals surface area contributed by atoms with Crippen LogP contribution in [-0.4, -0.2) is 19.1 Å². The number of fused-ring (bicyclic) bond motifs is 1. The molecule has 2 aromatic heterocycles. The maximum atomic E-state index is 13.6. The van der Waals surface area contributed by atoms with Crippen molar-refractivity contribution in [2.45, 2.75) is 5.88 Å². The molecular formula is C24H16Cl2N4O. The second-order valence-corrected chi connectivity index (χ2v) is 7.71. The van der Waals surface area contributed by atoms with Crippen LogP contribution >= 0.6 is 23.2 Å². The number of benzene rings is 3. The Labute approximate surface area is 188 Å². The lowest BCUT2D eigenvalue weighted by Crippen LogP contribution is -2.22. The van der Waals surface area contributed by atoms with E-state index in [9.17, 15) is 4.79 Å². The molecule has 0 atom stereocenters. The number of aromatic nitrogens is 4. The Morgan fingerprint density at radius 1 is 0.839 bits per heavy atom. The van der Waals surface area contributed by atoms with Crippen LogP contribution in [0.15, 0.2) is 90.0 Å². The van der Waals surface area contributed by atoms with Crippen LogP contribution < -0.4 is 5.56 Å². The fourth-order valence-corrected chi connectivity index (χ4v) is 3.80. The van der Waals surface area contributed by atoms with Gasteiger partial charge in [-0.1, -0.05) is 54.1 Å². The number of imidazole rings is 1. The first-order valence-corrected chi connectivity index (χ1v) is 10.5. The molecule has 0 radical (unpaired) electrons. The number of rotatable bonds is 4. The molecule has 0 amide bonds. The molecule has 5 nitrogen and oxygen atoms in total. The second kappa shape index (κ2) is 8.02. The minimum atomic E-state index is -0.251. The number of hydrogen-bond acceptors (Lipinski definition) is 3. The van der Waals surface area contributed by atoms with E-state index >= 15 is 0 Å². The quantitative estimate of drug-likeness (QED) is 0.336. The molecule has 0 fully saturated rings. The molecule has 0 bridgehead atoms. The average molecular weight is 447 g/mol. The van der Waals surface area contributed by atoms with Gasteiger partial charge in [0.15, 0.2) is 11.2 Å². The fourth-order valence-electron chi connectivity index (χ4n) is 3.50. The SMILES string of the molecule is O=c1c2ncn(-c3ccccc3)c2nc(-c2ccc(CCl)cc2)n1-c1ccc(Cl)cc1. The summed E-state index contributed by atoms with van der Waals surface area (Å²) in [5.41, 5.74) is 3.86. The summed E-state index contributed by atoms with van der Waals surface area (Å²) < 4.78 is 3.39. The molecule has 0 saturated carbocycles. The van der Waals surface area contributed by atoms with Crippen molar-refractivity contribution in [2.75, 3.05) is 0 Å². The zero-order valence-electron chi connectivity index (χ0n) is 16.2. The first kappa shape index (κ1) is 19.5. The van der Waals surface area contributed by atoms with E-state index in [1.165, 1.54) is 0 Å². The number of para-hydroxylation sites is 1. The number of halogens is 2. The molecule has 0 aliphatic heterocycles. The third-order valence-corrected chi connectivity index (χ3v) is 5.62. The monoisotopic (exact) mass is 446 g/mol. The smallest absolute Gasteiger partial charge is 0.283 e. The molecular weight excluding hydrogens is 431 g/mol. The molecule has 7 heteroatoms. The summed E-state index contributed by atoms with van der Waals surface area (Å²) in [6.07, 6.45) is 1.63. The molecule has 2 heterocycles. The zero-order valence-corrected chi connectivity index (χ0v) is 17.8. The van der Waals surface area contributed by atoms with Crippen molar-refractivity contribution in [3.63, 3.8) is 0 Å². The van der Waals surface area contributed by atoms with Crippen LogP contribution in [-0.2, 0) is 5.88 Å². The Morgan fingerprint density at radius 3 is 2.23 bits per heavy atom. The predicted octanol–water partition coefficient (Wildman–Crippen LogP) is 5.63. The van der Waals surface area contributed by atoms with Gasteiger partial charge in [0.25, 0.3) is 5.56 Å². The van der Waals surface area contributed by atoms with Gasteiger partial charge in [-0.15, -0.1) is 11.6 Å². The Morgan fingerprint density at radius 2 is 1.55 bits per heavy atom. The van der Waals surface area contributed by atoms with Crippen molar-refractivity contribution in [2.24, 2.45) is 0 Å². The molecule has 0 saturated heterocycles. The maximum absolute atomic E-state index is 13.6. The van der Waals surface area contributed by atoms with Gasteiger partial charge in [-0.3, -0.25) is 13.9 Å². The van der Waals surface area contributed by atoms with Gasteiger partial charge in [0.05, 0.1) is 5.69 Å². The molecule has 0 unspecified atom stereocenters. The van der Waals surface area contributed by atoms with Crippen molar-refractivity contribution in [1.82, 2.24) is 19.1 Å². The molecule has 5 aromatic rings. The third kappa shape index (κ3) is 3.52. The highest BCUT2D eigenvalue weighted by molar-refractivity contribution is 6.30. The normalized spacial score (nSPS) is 11.2. The van der Waals surface area contributed by atoms with Gasteiger partial charge in [-0.25, -0.2) is 9.97 Å². The Balaban J connectivity index is 1.82. The number of nitrogens with zero attached hydrogens (tertiary/aromatic N) is 4. The van der Waals surface area contributed by atoms with Crippen molar-refractivity contribution in [3.05, 3.63) is 106 Å². The zero-order chi connectivity index (χ0) is 21.4. The maximum Gasteiger partial charge on any atom is 0.286 e. The van der Waals surface area contributed by atoms with E-state index in [0.717, 1.165) is 16.8 Å². The van der Waals surface area contributed by atoms with E-state index in [4.69, 9.17) is 28.2 Å². The molecule has 0 spiro atoms. The van der Waals surface area contributed by atoms with Crippen molar-refractivity contribution in [1.29, 1.82) is 0 Å². The van der Waals surface area contributed by atoms with Gasteiger partial charge in [-0.2, -0.15) is 0 Å². The lowest BCUT2D eigenvalue weighted by Gasteiger charge is -2.14. The molecule has 5 rings (SSSR count). The van der Waals surface area contributed by atoms with Crippen LogP contribution in [0.3, 0.4) is 0 Å². The van der Waals surface area contributed by atoms with E-state index in [1.54, 1.807) is 35.2 Å². The topological polar surface area (TPSA) is 52.7 Å². The van der Waals surface area contributed by atoms with E-state index < -0.39 is 0 Å². The van der Waals surface area contributed by atoms with E-state index in [0.29, 0.717) is 33.6 Å². The molecule has 0 aliphatic carbocycles. The van der Waals surface area contributed by atoms with Crippen LogP contribution in [0.5, 0.6) is 0 Å². The van der Waals surface area contributed by atoms with Crippen molar-refractivity contribution >= 4 is 34.4 Å². The molecule has 0 aliphatic rings. The first-order valence-electron chi connectivity index (χ1n) is 9.62. The molecule has 31 heavy (non-hydrogen) atoms. The number of alkyl halides is 1. The summed E-state index contributed by atoms with van der Waals surface area (Å²) in [7, 11) is 0. The standard InChI is InChI=1S/C24H16Cl2N4O/c25-14-16-6-8-17(9-7-16)22-28-23-21(27-15-29(23)19-4-2-1-3-5-19)24(31)30(22)20-12-10-18(26)11-13-20/h1-13,15H,14H2. The van der Waals surface area contributed by atoms with Gasteiger partial charge in [0.1, 0.15) is 12.2 Å². The third-order valence-electron chi connectivity index (χ3n) is 5.06. The van der Waals surface area contributed by atoms with Gasteiger partial charge < -0.3 is 0 Å². The first-order chi connectivity index (χ1) is 15.2. The summed E-state index contributed by atoms with van der Waals surface area (Å²) >= 11 is 12.0. The van der Waals surface area contributed by atoms with Gasteiger partial charge in [0.2, 0.25) is 0 Å². The van der Waals surface area contributed by atoms with E-state index in [2.05, 4.69) is 4.98 Å². The average Bonchev–Trinajstić information content (AvgIpc) is 3.25. The predicted molar refractivity (Wildman–Crippen MR) is 124 cm³/mol. The van der Waals surface area contributed by atoms with Crippen LogP contribution in [0.2, 0.25) is 5.02 Å². The largest absolute Gasteiger partial charge is 0.286 e. The Hall–Kier alpha value is -3.41. The minimum absolute atomic E-state index is 0.251. The van der Waals surface area contributed by atoms with Crippen LogP contribution in [0.1, 0.15) is 5.56 Å². The summed E-state index contributed by atoms with van der Waals surface area (Å²) in [5.74, 6) is 0.927. The van der Waals surface area contributed by atoms with Crippen LogP contribution in [0.25, 0.3) is 33.9 Å². The number of hydrogen-bond donors (Lipinski definition) is 0. The summed E-state index contributed by atoms with van der Waals surface area (Å²) in [5, 5.41) is 0.590. The Kier molecular flexibility index (Phi) is 5.06. The molecule has 152 valence electrons. The van der Waals surface area contributed by atoms with Crippen LogP contribution in [0.4, 0.5) is 0 Å². The van der Waals surface area contributed by atoms with Crippen molar-refractivity contribution < 1.29 is 0 Å². The van der Waals surface area contributed by atoms with Gasteiger partial charge in [0, 0.05) is 22.2 Å². The van der Waals surface area contributed by atoms with Gasteiger partial charge >= 0.3 is 0 Å². The summed E-state index contributed by atoms with van der Waals surface area (Å²) in [4.78, 5) is 22.8. The Bertz CT molecular complexity index is 1420. The summed E-state index contributed by atoms with van der Waals surface area (Å²) in [6.45, 7) is 0. The lowest BCUT2D eigenvalue weighted by molar-refractivity contribution is 0.962. The minimum Gasteiger partial charge on any atom is -0.283 e. The van der Waals surface area contributed by atoms with E-state index in [1.807, 2.05) is 59.2 Å². The highest BCUT2D eigenvalue weighted by Crippen LogP contribution is 2.24. The highest BCUT2D eigenvalue weighted by atomic mass is 35.5. The summed E-state index contributed by atoms with van der Waals surface area (Å²) in [6, 6.07) is 24.5. The van der Waals surface area contributed by atoms with Crippen LogP contribution in [0, 0.1) is 0 Å². The van der Waals surface area contributed by atoms with Gasteiger partial charge in [-0.05, 0) is 42.0 Å².